The average molecular weight is 306 g/mol. The SMILES string of the molecule is CCOC(=O)C(=O)N1C[C@@H](C)CC[C@@H]1c1ccnc(OC)c1. The van der Waals surface area contributed by atoms with Crippen LogP contribution >= 0.6 is 0 Å². The summed E-state index contributed by atoms with van der Waals surface area (Å²) >= 11 is 0. The van der Waals surface area contributed by atoms with Crippen LogP contribution in [0.1, 0.15) is 38.3 Å². The van der Waals surface area contributed by atoms with E-state index in [4.69, 9.17) is 9.47 Å². The minimum absolute atomic E-state index is 0.148. The van der Waals surface area contributed by atoms with Crippen molar-refractivity contribution in [2.24, 2.45) is 5.92 Å². The largest absolute Gasteiger partial charge is 0.481 e. The van der Waals surface area contributed by atoms with Crippen LogP contribution in [0.2, 0.25) is 0 Å². The van der Waals surface area contributed by atoms with E-state index in [1.165, 1.54) is 0 Å². The Hall–Kier alpha value is -2.11. The van der Waals surface area contributed by atoms with Gasteiger partial charge in [-0.15, -0.1) is 0 Å². The molecule has 1 aromatic rings. The number of piperidine rings is 1. The number of methoxy groups -OCH3 is 1. The number of amides is 1. The van der Waals surface area contributed by atoms with Gasteiger partial charge < -0.3 is 14.4 Å². The fraction of sp³-hybridized carbons (Fsp3) is 0.562. The van der Waals surface area contributed by atoms with Crippen molar-refractivity contribution in [3.05, 3.63) is 23.9 Å². The van der Waals surface area contributed by atoms with Crippen LogP contribution in [0.3, 0.4) is 0 Å². The lowest BCUT2D eigenvalue weighted by atomic mass is 9.90. The van der Waals surface area contributed by atoms with E-state index < -0.39 is 11.9 Å². The highest BCUT2D eigenvalue weighted by molar-refractivity contribution is 6.32. The fourth-order valence-electron chi connectivity index (χ4n) is 2.78. The number of nitrogens with zero attached hydrogens (tertiary/aromatic N) is 2. The van der Waals surface area contributed by atoms with Crippen LogP contribution in [0.5, 0.6) is 5.88 Å². The topological polar surface area (TPSA) is 68.7 Å². The van der Waals surface area contributed by atoms with Gasteiger partial charge in [-0.1, -0.05) is 6.92 Å². The van der Waals surface area contributed by atoms with Crippen molar-refractivity contribution in [1.82, 2.24) is 9.88 Å². The van der Waals surface area contributed by atoms with Crippen LogP contribution in [0, 0.1) is 5.92 Å². The highest BCUT2D eigenvalue weighted by Crippen LogP contribution is 2.34. The van der Waals surface area contributed by atoms with Crippen molar-refractivity contribution in [1.29, 1.82) is 0 Å². The Kier molecular flexibility index (Phi) is 5.35. The zero-order valence-electron chi connectivity index (χ0n) is 13.2. The van der Waals surface area contributed by atoms with E-state index in [0.29, 0.717) is 18.3 Å². The predicted molar refractivity (Wildman–Crippen MR) is 80.3 cm³/mol. The maximum absolute atomic E-state index is 12.4. The fourth-order valence-corrected chi connectivity index (χ4v) is 2.78. The molecule has 1 aromatic heterocycles. The molecule has 0 N–H and O–H groups in total. The van der Waals surface area contributed by atoms with Crippen LogP contribution in [-0.4, -0.2) is 42.0 Å². The second-order valence-electron chi connectivity index (χ2n) is 5.51. The minimum atomic E-state index is -0.789. The first-order chi connectivity index (χ1) is 10.6. The first-order valence-corrected chi connectivity index (χ1v) is 7.54. The average Bonchev–Trinajstić information content (AvgIpc) is 2.54. The summed E-state index contributed by atoms with van der Waals surface area (Å²) in [6.45, 7) is 4.51. The molecule has 1 aliphatic rings. The van der Waals surface area contributed by atoms with Crippen molar-refractivity contribution in [3.8, 4) is 5.88 Å². The van der Waals surface area contributed by atoms with Gasteiger partial charge in [0.1, 0.15) is 0 Å². The third-order valence-electron chi connectivity index (χ3n) is 3.88. The number of hydrogen-bond acceptors (Lipinski definition) is 5. The Labute approximate surface area is 130 Å². The minimum Gasteiger partial charge on any atom is -0.481 e. The molecule has 0 aliphatic carbocycles. The first kappa shape index (κ1) is 16.3. The zero-order chi connectivity index (χ0) is 16.1. The molecule has 0 saturated carbocycles. The van der Waals surface area contributed by atoms with Gasteiger partial charge in [-0.25, -0.2) is 9.78 Å². The van der Waals surface area contributed by atoms with E-state index in [-0.39, 0.29) is 12.6 Å². The molecule has 0 radical (unpaired) electrons. The number of hydrogen-bond donors (Lipinski definition) is 0. The van der Waals surface area contributed by atoms with Gasteiger partial charge in [-0.3, -0.25) is 4.79 Å². The van der Waals surface area contributed by atoms with Crippen molar-refractivity contribution >= 4 is 11.9 Å². The van der Waals surface area contributed by atoms with Crippen LogP contribution in [-0.2, 0) is 14.3 Å². The summed E-state index contributed by atoms with van der Waals surface area (Å²) in [4.78, 5) is 29.9. The summed E-state index contributed by atoms with van der Waals surface area (Å²) < 4.78 is 10.00. The summed E-state index contributed by atoms with van der Waals surface area (Å²) in [5, 5.41) is 0. The highest BCUT2D eigenvalue weighted by Gasteiger charge is 2.35. The molecule has 0 bridgehead atoms. The van der Waals surface area contributed by atoms with Gasteiger partial charge in [0.25, 0.3) is 0 Å². The lowest BCUT2D eigenvalue weighted by molar-refractivity contribution is -0.162. The number of rotatable bonds is 3. The molecule has 2 rings (SSSR count). The summed E-state index contributed by atoms with van der Waals surface area (Å²) in [5.74, 6) is -0.505. The predicted octanol–water partition coefficient (Wildman–Crippen LogP) is 1.95. The Morgan fingerprint density at radius 1 is 1.41 bits per heavy atom. The van der Waals surface area contributed by atoms with Crippen molar-refractivity contribution in [2.75, 3.05) is 20.3 Å². The normalized spacial score (nSPS) is 21.3. The molecule has 6 nitrogen and oxygen atoms in total. The molecular weight excluding hydrogens is 284 g/mol. The standard InChI is InChI=1S/C16H22N2O4/c1-4-22-16(20)15(19)18-10-11(2)5-6-13(18)12-7-8-17-14(9-12)21-3/h7-9,11,13H,4-6,10H2,1-3H3/t11-,13+/m0/s1. The number of ether oxygens (including phenoxy) is 2. The van der Waals surface area contributed by atoms with Crippen LogP contribution < -0.4 is 4.74 Å². The molecule has 2 atom stereocenters. The summed E-state index contributed by atoms with van der Waals surface area (Å²) in [5.41, 5.74) is 0.927. The Morgan fingerprint density at radius 2 is 2.18 bits per heavy atom. The molecule has 0 spiro atoms. The molecule has 1 amide bonds. The number of pyridine rings is 1. The number of carbonyl (C=O) groups excluding carboxylic acids is 2. The van der Waals surface area contributed by atoms with Gasteiger partial charge >= 0.3 is 11.9 Å². The van der Waals surface area contributed by atoms with Crippen molar-refractivity contribution < 1.29 is 19.1 Å². The van der Waals surface area contributed by atoms with Gasteiger partial charge in [0, 0.05) is 18.8 Å². The first-order valence-electron chi connectivity index (χ1n) is 7.54. The maximum atomic E-state index is 12.4. The third-order valence-corrected chi connectivity index (χ3v) is 3.88. The molecular formula is C16H22N2O4. The van der Waals surface area contributed by atoms with Crippen LogP contribution in [0.25, 0.3) is 0 Å². The van der Waals surface area contributed by atoms with E-state index >= 15 is 0 Å². The van der Waals surface area contributed by atoms with E-state index in [1.807, 2.05) is 12.1 Å². The second-order valence-corrected chi connectivity index (χ2v) is 5.51. The number of carbonyl (C=O) groups is 2. The number of esters is 1. The molecule has 0 aromatic carbocycles. The maximum Gasteiger partial charge on any atom is 0.397 e. The van der Waals surface area contributed by atoms with Gasteiger partial charge in [0.2, 0.25) is 5.88 Å². The van der Waals surface area contributed by atoms with Crippen LogP contribution in [0.4, 0.5) is 0 Å². The van der Waals surface area contributed by atoms with E-state index in [2.05, 4.69) is 11.9 Å². The summed E-state index contributed by atoms with van der Waals surface area (Å²) in [6, 6.07) is 3.52. The smallest absolute Gasteiger partial charge is 0.397 e. The van der Waals surface area contributed by atoms with Gasteiger partial charge in [0.05, 0.1) is 19.8 Å². The summed E-state index contributed by atoms with van der Waals surface area (Å²) in [6.07, 6.45) is 3.46. The number of aromatic nitrogens is 1. The molecule has 1 aliphatic heterocycles. The van der Waals surface area contributed by atoms with E-state index in [9.17, 15) is 9.59 Å². The van der Waals surface area contributed by atoms with Gasteiger partial charge in [0.15, 0.2) is 0 Å². The van der Waals surface area contributed by atoms with E-state index in [0.717, 1.165) is 18.4 Å². The summed E-state index contributed by atoms with van der Waals surface area (Å²) in [7, 11) is 1.55. The zero-order valence-corrected chi connectivity index (χ0v) is 13.2. The lowest BCUT2D eigenvalue weighted by Gasteiger charge is -2.38. The number of likely N-dealkylation sites (tertiary alicyclic amines) is 1. The molecule has 0 unspecified atom stereocenters. The van der Waals surface area contributed by atoms with Gasteiger partial charge in [-0.2, -0.15) is 0 Å². The van der Waals surface area contributed by atoms with E-state index in [1.54, 1.807) is 25.1 Å². The van der Waals surface area contributed by atoms with Crippen molar-refractivity contribution in [3.63, 3.8) is 0 Å². The Morgan fingerprint density at radius 3 is 2.86 bits per heavy atom. The second kappa shape index (κ2) is 7.24. The Bertz CT molecular complexity index is 547. The molecule has 6 heteroatoms. The molecule has 1 saturated heterocycles. The Balaban J connectivity index is 2.26. The molecule has 1 fully saturated rings. The lowest BCUT2D eigenvalue weighted by Crippen LogP contribution is -2.45. The molecule has 2 heterocycles. The molecule has 120 valence electrons. The monoisotopic (exact) mass is 306 g/mol. The third kappa shape index (κ3) is 3.55. The quantitative estimate of drug-likeness (QED) is 0.630. The molecule has 22 heavy (non-hydrogen) atoms. The van der Waals surface area contributed by atoms with Gasteiger partial charge in [-0.05, 0) is 37.3 Å². The van der Waals surface area contributed by atoms with Crippen LogP contribution in [0.15, 0.2) is 18.3 Å². The highest BCUT2D eigenvalue weighted by atomic mass is 16.5. The van der Waals surface area contributed by atoms with Crippen molar-refractivity contribution in [2.45, 2.75) is 32.7 Å².